The van der Waals surface area contributed by atoms with E-state index < -0.39 is 34.1 Å². The Hall–Kier alpha value is -2.23. The second kappa shape index (κ2) is 8.64. The van der Waals surface area contributed by atoms with E-state index in [1.54, 1.807) is 6.92 Å². The number of anilines is 1. The standard InChI is InChI=1S/C17H17ClF2N2O4S/c1-3-26-16-7-5-12(9-13(16)18)27(24,25)22(2)10-17(23)21-11-4-6-14(19)15(20)8-11/h4-9H,3,10H2,1-2H3,(H,21,23). The van der Waals surface area contributed by atoms with Crippen LogP contribution in [0.2, 0.25) is 5.02 Å². The molecule has 0 bridgehead atoms. The van der Waals surface area contributed by atoms with Crippen LogP contribution in [0.4, 0.5) is 14.5 Å². The van der Waals surface area contributed by atoms with E-state index in [0.29, 0.717) is 12.4 Å². The van der Waals surface area contributed by atoms with Crippen molar-refractivity contribution in [2.24, 2.45) is 0 Å². The Bertz CT molecular complexity index is 954. The normalized spacial score (nSPS) is 11.5. The molecule has 1 amide bonds. The molecule has 0 heterocycles. The number of halogens is 3. The molecule has 146 valence electrons. The highest BCUT2D eigenvalue weighted by atomic mass is 35.5. The van der Waals surface area contributed by atoms with Crippen molar-refractivity contribution in [2.45, 2.75) is 11.8 Å². The molecule has 10 heteroatoms. The molecular weight excluding hydrogens is 402 g/mol. The summed E-state index contributed by atoms with van der Waals surface area (Å²) in [5.74, 6) is -2.56. The van der Waals surface area contributed by atoms with Crippen LogP contribution in [-0.4, -0.2) is 38.8 Å². The summed E-state index contributed by atoms with van der Waals surface area (Å²) in [4.78, 5) is 11.9. The van der Waals surface area contributed by atoms with Crippen LogP contribution < -0.4 is 10.1 Å². The molecule has 0 fully saturated rings. The monoisotopic (exact) mass is 418 g/mol. The predicted octanol–water partition coefficient (Wildman–Crippen LogP) is 3.28. The third-order valence-corrected chi connectivity index (χ3v) is 5.58. The Balaban J connectivity index is 2.11. The molecule has 0 saturated heterocycles. The lowest BCUT2D eigenvalue weighted by Crippen LogP contribution is -2.35. The lowest BCUT2D eigenvalue weighted by molar-refractivity contribution is -0.116. The zero-order chi connectivity index (χ0) is 20.2. The fourth-order valence-corrected chi connectivity index (χ4v) is 3.61. The van der Waals surface area contributed by atoms with Gasteiger partial charge in [-0.15, -0.1) is 0 Å². The first kappa shape index (κ1) is 21.1. The first-order valence-corrected chi connectivity index (χ1v) is 9.60. The molecule has 0 aliphatic carbocycles. The molecule has 1 N–H and O–H groups in total. The van der Waals surface area contributed by atoms with Crippen molar-refractivity contribution in [3.05, 3.63) is 53.1 Å². The van der Waals surface area contributed by atoms with Crippen LogP contribution in [0.1, 0.15) is 6.92 Å². The smallest absolute Gasteiger partial charge is 0.243 e. The first-order chi connectivity index (χ1) is 12.6. The predicted molar refractivity (Wildman–Crippen MR) is 97.4 cm³/mol. The Morgan fingerprint density at radius 1 is 1.19 bits per heavy atom. The van der Waals surface area contributed by atoms with E-state index in [4.69, 9.17) is 16.3 Å². The minimum Gasteiger partial charge on any atom is -0.492 e. The Morgan fingerprint density at radius 2 is 1.89 bits per heavy atom. The van der Waals surface area contributed by atoms with Crippen molar-refractivity contribution in [1.29, 1.82) is 0 Å². The number of benzene rings is 2. The average Bonchev–Trinajstić information content (AvgIpc) is 2.59. The fraction of sp³-hybridized carbons (Fsp3) is 0.235. The molecule has 0 aromatic heterocycles. The lowest BCUT2D eigenvalue weighted by Gasteiger charge is -2.17. The molecular formula is C17H17ClF2N2O4S. The highest BCUT2D eigenvalue weighted by molar-refractivity contribution is 7.89. The van der Waals surface area contributed by atoms with Gasteiger partial charge in [0.05, 0.1) is 23.1 Å². The minimum atomic E-state index is -4.00. The molecule has 2 rings (SSSR count). The van der Waals surface area contributed by atoms with Gasteiger partial charge in [-0.25, -0.2) is 17.2 Å². The molecule has 2 aromatic carbocycles. The van der Waals surface area contributed by atoms with E-state index in [0.717, 1.165) is 22.5 Å². The van der Waals surface area contributed by atoms with Gasteiger partial charge in [0.15, 0.2) is 11.6 Å². The number of nitrogens with one attached hydrogen (secondary N) is 1. The van der Waals surface area contributed by atoms with Gasteiger partial charge in [-0.05, 0) is 37.3 Å². The summed E-state index contributed by atoms with van der Waals surface area (Å²) < 4.78 is 57.3. The number of carbonyl (C=O) groups is 1. The molecule has 0 saturated carbocycles. The summed E-state index contributed by atoms with van der Waals surface area (Å²) in [6, 6.07) is 6.79. The SMILES string of the molecule is CCOc1ccc(S(=O)(=O)N(C)CC(=O)Nc2ccc(F)c(F)c2)cc1Cl. The van der Waals surface area contributed by atoms with Gasteiger partial charge >= 0.3 is 0 Å². The van der Waals surface area contributed by atoms with Crippen LogP contribution in [0.15, 0.2) is 41.3 Å². The maximum Gasteiger partial charge on any atom is 0.243 e. The van der Waals surface area contributed by atoms with Gasteiger partial charge in [-0.1, -0.05) is 11.6 Å². The van der Waals surface area contributed by atoms with E-state index in [-0.39, 0.29) is 15.6 Å². The molecule has 2 aromatic rings. The van der Waals surface area contributed by atoms with Crippen LogP contribution in [0.5, 0.6) is 5.75 Å². The van der Waals surface area contributed by atoms with Crippen LogP contribution in [0.3, 0.4) is 0 Å². The number of carbonyl (C=O) groups excluding carboxylic acids is 1. The summed E-state index contributed by atoms with van der Waals surface area (Å²) in [5.41, 5.74) is 0.00816. The number of ether oxygens (including phenoxy) is 1. The highest BCUT2D eigenvalue weighted by Gasteiger charge is 2.24. The van der Waals surface area contributed by atoms with Crippen LogP contribution in [-0.2, 0) is 14.8 Å². The van der Waals surface area contributed by atoms with Crippen molar-refractivity contribution in [2.75, 3.05) is 25.5 Å². The summed E-state index contributed by atoms with van der Waals surface area (Å²) in [5, 5.41) is 2.43. The van der Waals surface area contributed by atoms with E-state index in [2.05, 4.69) is 5.32 Å². The summed E-state index contributed by atoms with van der Waals surface area (Å²) >= 11 is 6.01. The molecule has 0 aliphatic rings. The third-order valence-electron chi connectivity index (χ3n) is 3.48. The van der Waals surface area contributed by atoms with E-state index in [9.17, 15) is 22.0 Å². The van der Waals surface area contributed by atoms with Gasteiger partial charge in [0.2, 0.25) is 15.9 Å². The van der Waals surface area contributed by atoms with Crippen LogP contribution in [0, 0.1) is 11.6 Å². The third kappa shape index (κ3) is 5.15. The Kier molecular flexibility index (Phi) is 6.74. The highest BCUT2D eigenvalue weighted by Crippen LogP contribution is 2.28. The van der Waals surface area contributed by atoms with Gasteiger partial charge in [0.25, 0.3) is 0 Å². The Morgan fingerprint density at radius 3 is 2.48 bits per heavy atom. The van der Waals surface area contributed by atoms with Crippen molar-refractivity contribution in [3.8, 4) is 5.75 Å². The van der Waals surface area contributed by atoms with Crippen LogP contribution in [0.25, 0.3) is 0 Å². The minimum absolute atomic E-state index is 0.00816. The van der Waals surface area contributed by atoms with Gasteiger partial charge in [0, 0.05) is 18.8 Å². The topological polar surface area (TPSA) is 75.7 Å². The fourth-order valence-electron chi connectivity index (χ4n) is 2.16. The average molecular weight is 419 g/mol. The maximum atomic E-state index is 13.2. The maximum absolute atomic E-state index is 13.2. The van der Waals surface area contributed by atoms with E-state index in [1.807, 2.05) is 0 Å². The molecule has 0 aliphatic heterocycles. The van der Waals surface area contributed by atoms with Crippen molar-refractivity contribution < 1.29 is 26.7 Å². The Labute approximate surface area is 160 Å². The van der Waals surface area contributed by atoms with Gasteiger partial charge in [-0.3, -0.25) is 4.79 Å². The molecule has 0 atom stereocenters. The van der Waals surface area contributed by atoms with Crippen molar-refractivity contribution >= 4 is 33.2 Å². The summed E-state index contributed by atoms with van der Waals surface area (Å²) in [6.07, 6.45) is 0. The molecule has 0 radical (unpaired) electrons. The number of hydrogen-bond acceptors (Lipinski definition) is 4. The van der Waals surface area contributed by atoms with Gasteiger partial charge < -0.3 is 10.1 Å². The lowest BCUT2D eigenvalue weighted by atomic mass is 10.3. The number of rotatable bonds is 7. The van der Waals surface area contributed by atoms with Crippen molar-refractivity contribution in [1.82, 2.24) is 4.31 Å². The quantitative estimate of drug-likeness (QED) is 0.748. The van der Waals surface area contributed by atoms with Gasteiger partial charge in [-0.2, -0.15) is 4.31 Å². The summed E-state index contributed by atoms with van der Waals surface area (Å²) in [7, 11) is -2.78. The first-order valence-electron chi connectivity index (χ1n) is 7.78. The van der Waals surface area contributed by atoms with Crippen LogP contribution >= 0.6 is 11.6 Å². The zero-order valence-corrected chi connectivity index (χ0v) is 16.1. The number of likely N-dealkylation sites (N-methyl/N-ethyl adjacent to an activating group) is 1. The second-order valence-corrected chi connectivity index (χ2v) is 7.92. The van der Waals surface area contributed by atoms with Gasteiger partial charge in [0.1, 0.15) is 5.75 Å². The molecule has 27 heavy (non-hydrogen) atoms. The zero-order valence-electron chi connectivity index (χ0n) is 14.5. The molecule has 6 nitrogen and oxygen atoms in total. The number of sulfonamides is 1. The number of nitrogens with zero attached hydrogens (tertiary/aromatic N) is 1. The molecule has 0 spiro atoms. The number of hydrogen-bond donors (Lipinski definition) is 1. The summed E-state index contributed by atoms with van der Waals surface area (Å²) in [6.45, 7) is 1.60. The van der Waals surface area contributed by atoms with Crippen molar-refractivity contribution in [3.63, 3.8) is 0 Å². The largest absolute Gasteiger partial charge is 0.492 e. The van der Waals surface area contributed by atoms with E-state index >= 15 is 0 Å². The van der Waals surface area contributed by atoms with E-state index in [1.165, 1.54) is 25.2 Å². The molecule has 0 unspecified atom stereocenters. The number of amides is 1. The second-order valence-electron chi connectivity index (χ2n) is 5.46.